The smallest absolute Gasteiger partial charge is 0.233 e. The standard InChI is InChI=1S/C8H6NO2/c10-5-7-2-1-3-8(4-7)9-6-11/h1-4,6H,(H,9,11). The van der Waals surface area contributed by atoms with Crippen molar-refractivity contribution in [3.63, 3.8) is 0 Å². The van der Waals surface area contributed by atoms with E-state index in [-0.39, 0.29) is 0 Å². The number of hydrogen-bond donors (Lipinski definition) is 1. The van der Waals surface area contributed by atoms with Gasteiger partial charge in [0.2, 0.25) is 12.7 Å². The van der Waals surface area contributed by atoms with E-state index in [1.807, 2.05) is 0 Å². The van der Waals surface area contributed by atoms with Crippen LogP contribution in [0.25, 0.3) is 0 Å². The van der Waals surface area contributed by atoms with E-state index in [2.05, 4.69) is 5.32 Å². The Labute approximate surface area is 64.0 Å². The van der Waals surface area contributed by atoms with Crippen LogP contribution >= 0.6 is 0 Å². The second kappa shape index (κ2) is 3.51. The van der Waals surface area contributed by atoms with Gasteiger partial charge in [-0.25, -0.2) is 0 Å². The normalized spacial score (nSPS) is 8.73. The Balaban J connectivity index is 2.90. The van der Waals surface area contributed by atoms with Crippen molar-refractivity contribution < 1.29 is 9.59 Å². The molecule has 1 aromatic rings. The van der Waals surface area contributed by atoms with Crippen LogP contribution in [0.3, 0.4) is 0 Å². The summed E-state index contributed by atoms with van der Waals surface area (Å²) in [7, 11) is 0. The molecule has 55 valence electrons. The first-order valence-electron chi connectivity index (χ1n) is 3.05. The lowest BCUT2D eigenvalue weighted by molar-refractivity contribution is -0.105. The maximum Gasteiger partial charge on any atom is 0.233 e. The Hall–Kier alpha value is -1.64. The van der Waals surface area contributed by atoms with Gasteiger partial charge in [0.1, 0.15) is 0 Å². The van der Waals surface area contributed by atoms with E-state index >= 15 is 0 Å². The van der Waals surface area contributed by atoms with Gasteiger partial charge in [-0.05, 0) is 12.1 Å². The molecule has 0 spiro atoms. The van der Waals surface area contributed by atoms with Crippen molar-refractivity contribution in [3.8, 4) is 0 Å². The molecule has 0 saturated heterocycles. The lowest BCUT2D eigenvalue weighted by Crippen LogP contribution is -1.93. The van der Waals surface area contributed by atoms with Crippen LogP contribution in [0.4, 0.5) is 5.69 Å². The monoisotopic (exact) mass is 148 g/mol. The molecular weight excluding hydrogens is 142 g/mol. The molecule has 1 aromatic carbocycles. The van der Waals surface area contributed by atoms with Crippen LogP contribution in [-0.4, -0.2) is 12.7 Å². The molecule has 3 nitrogen and oxygen atoms in total. The predicted octanol–water partition coefficient (Wildman–Crippen LogP) is 0.713. The maximum atomic E-state index is 10.1. The number of carbonyl (C=O) groups is 1. The Morgan fingerprint density at radius 3 is 2.91 bits per heavy atom. The third-order valence-electron chi connectivity index (χ3n) is 1.21. The summed E-state index contributed by atoms with van der Waals surface area (Å²) in [6.07, 6.45) is 2.28. The molecule has 0 aliphatic carbocycles. The van der Waals surface area contributed by atoms with Crippen molar-refractivity contribution in [1.29, 1.82) is 0 Å². The number of benzene rings is 1. The van der Waals surface area contributed by atoms with Crippen molar-refractivity contribution in [3.05, 3.63) is 29.8 Å². The van der Waals surface area contributed by atoms with E-state index in [1.165, 1.54) is 0 Å². The summed E-state index contributed by atoms with van der Waals surface area (Å²) in [5.74, 6) is 0. The zero-order chi connectivity index (χ0) is 8.10. The summed E-state index contributed by atoms with van der Waals surface area (Å²) in [6.45, 7) is 0. The molecular formula is C8H6NO2. The summed E-state index contributed by atoms with van der Waals surface area (Å²) in [4.78, 5) is 20.1. The van der Waals surface area contributed by atoms with Crippen LogP contribution in [0.5, 0.6) is 0 Å². The number of amides is 1. The molecule has 0 aliphatic rings. The largest absolute Gasteiger partial charge is 0.329 e. The van der Waals surface area contributed by atoms with Gasteiger partial charge >= 0.3 is 0 Å². The zero-order valence-corrected chi connectivity index (χ0v) is 5.70. The number of hydrogen-bond acceptors (Lipinski definition) is 2. The highest BCUT2D eigenvalue weighted by Gasteiger charge is 1.92. The third-order valence-corrected chi connectivity index (χ3v) is 1.21. The first kappa shape index (κ1) is 7.47. The molecule has 0 heterocycles. The summed E-state index contributed by atoms with van der Waals surface area (Å²) < 4.78 is 0. The van der Waals surface area contributed by atoms with Gasteiger partial charge in [-0.3, -0.25) is 9.59 Å². The van der Waals surface area contributed by atoms with Crippen LogP contribution in [0.15, 0.2) is 24.3 Å². The highest BCUT2D eigenvalue weighted by atomic mass is 16.1. The Morgan fingerprint density at radius 1 is 1.45 bits per heavy atom. The fraction of sp³-hybridized carbons (Fsp3) is 0. The molecule has 3 heteroatoms. The lowest BCUT2D eigenvalue weighted by atomic mass is 10.2. The highest BCUT2D eigenvalue weighted by Crippen LogP contribution is 2.06. The second-order valence-electron chi connectivity index (χ2n) is 1.95. The average Bonchev–Trinajstić information content (AvgIpc) is 2.06. The molecule has 1 N–H and O–H groups in total. The third kappa shape index (κ3) is 1.89. The van der Waals surface area contributed by atoms with Gasteiger partial charge in [0.25, 0.3) is 0 Å². The molecule has 1 rings (SSSR count). The quantitative estimate of drug-likeness (QED) is 0.642. The van der Waals surface area contributed by atoms with Gasteiger partial charge in [0.05, 0.1) is 0 Å². The topological polar surface area (TPSA) is 46.2 Å². The molecule has 0 atom stereocenters. The Morgan fingerprint density at radius 2 is 2.27 bits per heavy atom. The zero-order valence-electron chi connectivity index (χ0n) is 5.70. The van der Waals surface area contributed by atoms with Crippen molar-refractivity contribution in [1.82, 2.24) is 0 Å². The predicted molar refractivity (Wildman–Crippen MR) is 40.9 cm³/mol. The molecule has 0 aliphatic heterocycles. The van der Waals surface area contributed by atoms with Crippen molar-refractivity contribution in [2.24, 2.45) is 0 Å². The van der Waals surface area contributed by atoms with E-state index in [1.54, 1.807) is 30.6 Å². The van der Waals surface area contributed by atoms with Gasteiger partial charge in [0, 0.05) is 11.3 Å². The number of rotatable bonds is 3. The van der Waals surface area contributed by atoms with E-state index in [0.29, 0.717) is 17.7 Å². The minimum absolute atomic E-state index is 0.428. The number of nitrogens with one attached hydrogen (secondary N) is 1. The van der Waals surface area contributed by atoms with E-state index in [0.717, 1.165) is 0 Å². The maximum absolute atomic E-state index is 10.1. The Bertz CT molecular complexity index is 271. The highest BCUT2D eigenvalue weighted by molar-refractivity contribution is 5.80. The van der Waals surface area contributed by atoms with Crippen molar-refractivity contribution >= 4 is 18.4 Å². The number of anilines is 1. The van der Waals surface area contributed by atoms with Crippen molar-refractivity contribution in [2.75, 3.05) is 5.32 Å². The van der Waals surface area contributed by atoms with Crippen molar-refractivity contribution in [2.45, 2.75) is 0 Å². The molecule has 11 heavy (non-hydrogen) atoms. The van der Waals surface area contributed by atoms with Gasteiger partial charge in [0.15, 0.2) is 0 Å². The molecule has 0 bridgehead atoms. The van der Waals surface area contributed by atoms with Crippen LogP contribution < -0.4 is 5.32 Å². The van der Waals surface area contributed by atoms with Gasteiger partial charge in [-0.2, -0.15) is 0 Å². The second-order valence-corrected chi connectivity index (χ2v) is 1.95. The molecule has 0 saturated carbocycles. The molecule has 0 aromatic heterocycles. The summed E-state index contributed by atoms with van der Waals surface area (Å²) in [5.41, 5.74) is 1.03. The average molecular weight is 148 g/mol. The molecule has 1 radical (unpaired) electrons. The fourth-order valence-corrected chi connectivity index (χ4v) is 0.741. The lowest BCUT2D eigenvalue weighted by Gasteiger charge is -1.96. The van der Waals surface area contributed by atoms with Crippen LogP contribution in [0.1, 0.15) is 5.56 Å². The molecule has 1 amide bonds. The van der Waals surface area contributed by atoms with Crippen LogP contribution in [0.2, 0.25) is 0 Å². The first-order valence-corrected chi connectivity index (χ1v) is 3.05. The minimum atomic E-state index is 0.428. The SMILES string of the molecule is O=[C]c1cccc(NC=O)c1. The van der Waals surface area contributed by atoms with Gasteiger partial charge < -0.3 is 5.32 Å². The molecule has 0 unspecified atom stereocenters. The first-order chi connectivity index (χ1) is 5.36. The minimum Gasteiger partial charge on any atom is -0.329 e. The van der Waals surface area contributed by atoms with Crippen LogP contribution in [-0.2, 0) is 9.59 Å². The van der Waals surface area contributed by atoms with Crippen LogP contribution in [0, 0.1) is 0 Å². The summed E-state index contributed by atoms with van der Waals surface area (Å²) in [6, 6.07) is 6.52. The fourth-order valence-electron chi connectivity index (χ4n) is 0.741. The van der Waals surface area contributed by atoms with E-state index in [4.69, 9.17) is 0 Å². The van der Waals surface area contributed by atoms with Gasteiger partial charge in [-0.1, -0.05) is 12.1 Å². The summed E-state index contributed by atoms with van der Waals surface area (Å²) >= 11 is 0. The molecule has 0 fully saturated rings. The summed E-state index contributed by atoms with van der Waals surface area (Å²) in [5, 5.41) is 2.42. The Kier molecular flexibility index (Phi) is 2.38. The van der Waals surface area contributed by atoms with Gasteiger partial charge in [-0.15, -0.1) is 0 Å². The number of carbonyl (C=O) groups excluding carboxylic acids is 2. The van der Waals surface area contributed by atoms with E-state index in [9.17, 15) is 9.59 Å². The van der Waals surface area contributed by atoms with E-state index < -0.39 is 0 Å².